The molecular formula is C31H30O3. The van der Waals surface area contributed by atoms with Crippen molar-refractivity contribution in [1.82, 2.24) is 0 Å². The second-order valence-corrected chi connectivity index (χ2v) is 8.30. The topological polar surface area (TPSA) is 35.5 Å². The lowest BCUT2D eigenvalue weighted by molar-refractivity contribution is -0.0324. The van der Waals surface area contributed by atoms with E-state index in [9.17, 15) is 4.79 Å². The summed E-state index contributed by atoms with van der Waals surface area (Å²) in [5.74, 6) is 0.0455. The second-order valence-electron chi connectivity index (χ2n) is 8.30. The van der Waals surface area contributed by atoms with Crippen LogP contribution >= 0.6 is 0 Å². The maximum absolute atomic E-state index is 12.9. The van der Waals surface area contributed by atoms with Crippen molar-refractivity contribution < 1.29 is 14.3 Å². The van der Waals surface area contributed by atoms with E-state index in [0.29, 0.717) is 17.7 Å². The summed E-state index contributed by atoms with van der Waals surface area (Å²) in [6.45, 7) is 0.465. The first-order valence-electron chi connectivity index (χ1n) is 11.7. The van der Waals surface area contributed by atoms with Gasteiger partial charge in [0.15, 0.2) is 5.78 Å². The molecule has 172 valence electrons. The minimum atomic E-state index is -0.126. The van der Waals surface area contributed by atoms with E-state index in [2.05, 4.69) is 30.3 Å². The molecule has 4 aromatic rings. The van der Waals surface area contributed by atoms with E-state index < -0.39 is 0 Å². The average molecular weight is 451 g/mol. The number of carbonyl (C=O) groups excluding carboxylic acids is 1. The van der Waals surface area contributed by atoms with Crippen LogP contribution in [0.5, 0.6) is 0 Å². The standard InChI is InChI=1S/C31H30O3/c1-33-30(26-15-7-3-8-16-26)23-34-29(25-13-5-2-6-14-25)21-20-24-12-11-19-28(22-24)31(32)27-17-9-4-10-18-27/h2-19,22,29-30H,20-21,23H2,1H3. The van der Waals surface area contributed by atoms with Crippen molar-refractivity contribution in [2.75, 3.05) is 13.7 Å². The van der Waals surface area contributed by atoms with Gasteiger partial charge < -0.3 is 9.47 Å². The van der Waals surface area contributed by atoms with E-state index in [4.69, 9.17) is 9.47 Å². The number of ketones is 1. The highest BCUT2D eigenvalue weighted by molar-refractivity contribution is 6.09. The van der Waals surface area contributed by atoms with Crippen LogP contribution in [-0.4, -0.2) is 19.5 Å². The molecule has 0 fully saturated rings. The van der Waals surface area contributed by atoms with Crippen LogP contribution in [0.1, 0.15) is 51.2 Å². The quantitative estimate of drug-likeness (QED) is 0.231. The molecule has 0 radical (unpaired) electrons. The Morgan fingerprint density at radius 3 is 1.85 bits per heavy atom. The molecule has 34 heavy (non-hydrogen) atoms. The molecule has 4 aromatic carbocycles. The van der Waals surface area contributed by atoms with Crippen LogP contribution in [0.4, 0.5) is 0 Å². The van der Waals surface area contributed by atoms with Crippen molar-refractivity contribution in [2.24, 2.45) is 0 Å². The molecule has 2 atom stereocenters. The largest absolute Gasteiger partial charge is 0.374 e. The lowest BCUT2D eigenvalue weighted by Crippen LogP contribution is -2.14. The van der Waals surface area contributed by atoms with Gasteiger partial charge in [-0.3, -0.25) is 4.79 Å². The predicted octanol–water partition coefficient (Wildman–Crippen LogP) is 7.00. The van der Waals surface area contributed by atoms with E-state index in [-0.39, 0.29) is 18.0 Å². The second kappa shape index (κ2) is 12.1. The van der Waals surface area contributed by atoms with Gasteiger partial charge in [0.2, 0.25) is 0 Å². The predicted molar refractivity (Wildman–Crippen MR) is 136 cm³/mol. The van der Waals surface area contributed by atoms with Gasteiger partial charge in [-0.05, 0) is 35.6 Å². The molecule has 0 heterocycles. The molecule has 0 aliphatic carbocycles. The van der Waals surface area contributed by atoms with Gasteiger partial charge in [0.1, 0.15) is 6.10 Å². The summed E-state index contributed by atoms with van der Waals surface area (Å²) in [4.78, 5) is 12.9. The Bertz CT molecular complexity index is 1160. The number of aryl methyl sites for hydroxylation is 1. The molecule has 0 saturated carbocycles. The molecule has 0 saturated heterocycles. The van der Waals surface area contributed by atoms with Crippen LogP contribution in [0.3, 0.4) is 0 Å². The van der Waals surface area contributed by atoms with Crippen molar-refractivity contribution >= 4 is 5.78 Å². The maximum Gasteiger partial charge on any atom is 0.193 e. The summed E-state index contributed by atoms with van der Waals surface area (Å²) < 4.78 is 12.1. The fourth-order valence-corrected chi connectivity index (χ4v) is 4.11. The van der Waals surface area contributed by atoms with Crippen LogP contribution in [0, 0.1) is 0 Å². The smallest absolute Gasteiger partial charge is 0.193 e. The van der Waals surface area contributed by atoms with Crippen molar-refractivity contribution in [1.29, 1.82) is 0 Å². The zero-order valence-corrected chi connectivity index (χ0v) is 19.5. The number of carbonyl (C=O) groups is 1. The van der Waals surface area contributed by atoms with Crippen LogP contribution < -0.4 is 0 Å². The number of benzene rings is 4. The summed E-state index contributed by atoms with van der Waals surface area (Å²) >= 11 is 0. The van der Waals surface area contributed by atoms with Gasteiger partial charge in [-0.15, -0.1) is 0 Å². The van der Waals surface area contributed by atoms with Crippen LogP contribution in [0.2, 0.25) is 0 Å². The third-order valence-electron chi connectivity index (χ3n) is 6.00. The summed E-state index contributed by atoms with van der Waals surface area (Å²) in [5.41, 5.74) is 4.78. The maximum atomic E-state index is 12.9. The Morgan fingerprint density at radius 2 is 1.24 bits per heavy atom. The van der Waals surface area contributed by atoms with Crippen molar-refractivity contribution in [3.05, 3.63) is 143 Å². The molecule has 3 nitrogen and oxygen atoms in total. The summed E-state index contributed by atoms with van der Waals surface area (Å²) in [6, 6.07) is 37.8. The summed E-state index contributed by atoms with van der Waals surface area (Å²) in [6.07, 6.45) is 1.41. The molecular weight excluding hydrogens is 420 g/mol. The van der Waals surface area contributed by atoms with E-state index in [1.807, 2.05) is 84.9 Å². The Kier molecular flexibility index (Phi) is 8.39. The Labute approximate surface area is 202 Å². The van der Waals surface area contributed by atoms with Gasteiger partial charge >= 0.3 is 0 Å². The first kappa shape index (κ1) is 23.6. The lowest BCUT2D eigenvalue weighted by atomic mass is 9.97. The molecule has 2 unspecified atom stereocenters. The normalized spacial score (nSPS) is 12.7. The highest BCUT2D eigenvalue weighted by atomic mass is 16.5. The molecule has 0 aliphatic rings. The fourth-order valence-electron chi connectivity index (χ4n) is 4.11. The number of hydrogen-bond acceptors (Lipinski definition) is 3. The molecule has 0 aliphatic heterocycles. The van der Waals surface area contributed by atoms with Crippen LogP contribution in [0.15, 0.2) is 115 Å². The molecule has 0 aromatic heterocycles. The third-order valence-corrected chi connectivity index (χ3v) is 6.00. The van der Waals surface area contributed by atoms with Crippen LogP contribution in [-0.2, 0) is 15.9 Å². The highest BCUT2D eigenvalue weighted by Crippen LogP contribution is 2.27. The fraction of sp³-hybridized carbons (Fsp3) is 0.194. The molecule has 4 rings (SSSR count). The number of ether oxygens (including phenoxy) is 2. The SMILES string of the molecule is COC(COC(CCc1cccc(C(=O)c2ccccc2)c1)c1ccccc1)c1ccccc1. The highest BCUT2D eigenvalue weighted by Gasteiger charge is 2.17. The monoisotopic (exact) mass is 450 g/mol. The van der Waals surface area contributed by atoms with Gasteiger partial charge in [-0.2, -0.15) is 0 Å². The third kappa shape index (κ3) is 6.28. The molecule has 0 bridgehead atoms. The van der Waals surface area contributed by atoms with Gasteiger partial charge in [-0.25, -0.2) is 0 Å². The van der Waals surface area contributed by atoms with Gasteiger partial charge in [0.25, 0.3) is 0 Å². The molecule has 0 N–H and O–H groups in total. The summed E-state index contributed by atoms with van der Waals surface area (Å²) in [7, 11) is 1.72. The minimum Gasteiger partial charge on any atom is -0.374 e. The number of methoxy groups -OCH3 is 1. The average Bonchev–Trinajstić information content (AvgIpc) is 2.92. The van der Waals surface area contributed by atoms with E-state index >= 15 is 0 Å². The molecule has 0 amide bonds. The Balaban J connectivity index is 1.46. The number of hydrogen-bond donors (Lipinski definition) is 0. The Hall–Kier alpha value is -3.53. The van der Waals surface area contributed by atoms with Crippen molar-refractivity contribution in [3.63, 3.8) is 0 Å². The van der Waals surface area contributed by atoms with E-state index in [0.717, 1.165) is 29.5 Å². The first-order valence-corrected chi connectivity index (χ1v) is 11.7. The van der Waals surface area contributed by atoms with Gasteiger partial charge in [0, 0.05) is 18.2 Å². The summed E-state index contributed by atoms with van der Waals surface area (Å²) in [5, 5.41) is 0. The molecule has 0 spiro atoms. The van der Waals surface area contributed by atoms with Gasteiger partial charge in [0.05, 0.1) is 12.7 Å². The van der Waals surface area contributed by atoms with Crippen LogP contribution in [0.25, 0.3) is 0 Å². The first-order chi connectivity index (χ1) is 16.7. The van der Waals surface area contributed by atoms with E-state index in [1.165, 1.54) is 0 Å². The van der Waals surface area contributed by atoms with E-state index in [1.54, 1.807) is 7.11 Å². The lowest BCUT2D eigenvalue weighted by Gasteiger charge is -2.23. The minimum absolute atomic E-state index is 0.0455. The zero-order valence-electron chi connectivity index (χ0n) is 19.5. The van der Waals surface area contributed by atoms with Crippen molar-refractivity contribution in [2.45, 2.75) is 25.0 Å². The number of rotatable bonds is 11. The molecule has 3 heteroatoms. The van der Waals surface area contributed by atoms with Crippen molar-refractivity contribution in [3.8, 4) is 0 Å². The zero-order chi connectivity index (χ0) is 23.6. The Morgan fingerprint density at radius 1 is 0.676 bits per heavy atom. The van der Waals surface area contributed by atoms with Gasteiger partial charge in [-0.1, -0.05) is 109 Å².